The standard InChI is InChI=1S/C18H23NO5S2/c1-13-6-9-17(24-3)14(10-13)12-19(2)16-8-7-15(25(4,20)21)11-18(16)26(5,22)23/h6-11H,12H2,1-5H3. The van der Waals surface area contributed by atoms with Gasteiger partial charge < -0.3 is 9.64 Å². The Morgan fingerprint density at radius 2 is 1.62 bits per heavy atom. The van der Waals surface area contributed by atoms with Gasteiger partial charge in [0.15, 0.2) is 19.7 Å². The molecule has 0 saturated heterocycles. The number of nitrogens with zero attached hydrogens (tertiary/aromatic N) is 1. The lowest BCUT2D eigenvalue weighted by atomic mass is 10.1. The number of ether oxygens (including phenoxy) is 1. The van der Waals surface area contributed by atoms with E-state index in [1.54, 1.807) is 19.1 Å². The van der Waals surface area contributed by atoms with Crippen molar-refractivity contribution < 1.29 is 21.6 Å². The molecular formula is C18H23NO5S2. The van der Waals surface area contributed by atoms with Crippen molar-refractivity contribution >= 4 is 25.4 Å². The van der Waals surface area contributed by atoms with Gasteiger partial charge in [-0.1, -0.05) is 17.7 Å². The molecule has 0 bridgehead atoms. The Morgan fingerprint density at radius 1 is 0.962 bits per heavy atom. The number of benzene rings is 2. The zero-order valence-electron chi connectivity index (χ0n) is 15.5. The van der Waals surface area contributed by atoms with E-state index in [9.17, 15) is 16.8 Å². The van der Waals surface area contributed by atoms with Gasteiger partial charge >= 0.3 is 0 Å². The highest BCUT2D eigenvalue weighted by Gasteiger charge is 2.20. The van der Waals surface area contributed by atoms with Crippen LogP contribution in [0.2, 0.25) is 0 Å². The first-order valence-electron chi connectivity index (χ1n) is 7.82. The van der Waals surface area contributed by atoms with Gasteiger partial charge in [-0.3, -0.25) is 0 Å². The van der Waals surface area contributed by atoms with Crippen LogP contribution >= 0.6 is 0 Å². The van der Waals surface area contributed by atoms with E-state index in [1.165, 1.54) is 18.2 Å². The average molecular weight is 398 g/mol. The Morgan fingerprint density at radius 3 is 2.15 bits per heavy atom. The third kappa shape index (κ3) is 4.56. The lowest BCUT2D eigenvalue weighted by Gasteiger charge is -2.23. The first-order valence-corrected chi connectivity index (χ1v) is 11.6. The van der Waals surface area contributed by atoms with Crippen LogP contribution in [0.3, 0.4) is 0 Å². The van der Waals surface area contributed by atoms with Gasteiger partial charge in [-0.2, -0.15) is 0 Å². The van der Waals surface area contributed by atoms with Crippen molar-refractivity contribution in [1.29, 1.82) is 0 Å². The number of aryl methyl sites for hydroxylation is 1. The second-order valence-corrected chi connectivity index (χ2v) is 10.3. The molecule has 0 aliphatic rings. The Labute approximate surface area is 155 Å². The summed E-state index contributed by atoms with van der Waals surface area (Å²) in [6.07, 6.45) is 2.12. The van der Waals surface area contributed by atoms with Gasteiger partial charge in [0.2, 0.25) is 0 Å². The topological polar surface area (TPSA) is 80.8 Å². The monoisotopic (exact) mass is 397 g/mol. The van der Waals surface area contributed by atoms with Gasteiger partial charge in [0, 0.05) is 31.7 Å². The number of sulfone groups is 2. The molecule has 2 aromatic rings. The average Bonchev–Trinajstić information content (AvgIpc) is 2.53. The molecule has 0 amide bonds. The summed E-state index contributed by atoms with van der Waals surface area (Å²) in [7, 11) is -3.78. The molecule has 2 aromatic carbocycles. The molecule has 0 saturated carbocycles. The van der Waals surface area contributed by atoms with E-state index >= 15 is 0 Å². The molecule has 0 aliphatic heterocycles. The molecule has 26 heavy (non-hydrogen) atoms. The summed E-state index contributed by atoms with van der Waals surface area (Å²) < 4.78 is 53.4. The van der Waals surface area contributed by atoms with E-state index in [0.29, 0.717) is 18.0 Å². The van der Waals surface area contributed by atoms with E-state index < -0.39 is 19.7 Å². The maximum absolute atomic E-state index is 12.2. The summed E-state index contributed by atoms with van der Waals surface area (Å²) in [4.78, 5) is 1.72. The highest BCUT2D eigenvalue weighted by molar-refractivity contribution is 7.91. The quantitative estimate of drug-likeness (QED) is 0.745. The summed E-state index contributed by atoms with van der Waals surface area (Å²) in [5.74, 6) is 0.705. The predicted molar refractivity (Wildman–Crippen MR) is 102 cm³/mol. The van der Waals surface area contributed by atoms with Crippen molar-refractivity contribution in [3.8, 4) is 5.75 Å². The van der Waals surface area contributed by atoms with Crippen LogP contribution < -0.4 is 9.64 Å². The summed E-state index contributed by atoms with van der Waals surface area (Å²) in [6.45, 7) is 2.37. The Hall–Kier alpha value is -2.06. The van der Waals surface area contributed by atoms with Crippen LogP contribution in [0, 0.1) is 6.92 Å². The zero-order chi connectivity index (χ0) is 19.7. The zero-order valence-corrected chi connectivity index (χ0v) is 17.1. The maximum Gasteiger partial charge on any atom is 0.177 e. The van der Waals surface area contributed by atoms with Crippen molar-refractivity contribution in [3.05, 3.63) is 47.5 Å². The SMILES string of the molecule is COc1ccc(C)cc1CN(C)c1ccc(S(C)(=O)=O)cc1S(C)(=O)=O. The van der Waals surface area contributed by atoms with Gasteiger partial charge in [0.1, 0.15) is 5.75 Å². The molecule has 2 rings (SSSR count). The molecule has 0 atom stereocenters. The Bertz CT molecular complexity index is 1030. The second kappa shape index (κ2) is 7.28. The highest BCUT2D eigenvalue weighted by atomic mass is 32.2. The number of rotatable bonds is 6. The van der Waals surface area contributed by atoms with Crippen molar-refractivity contribution in [1.82, 2.24) is 0 Å². The third-order valence-corrected chi connectivity index (χ3v) is 6.25. The first kappa shape index (κ1) is 20.3. The van der Waals surface area contributed by atoms with Crippen molar-refractivity contribution in [2.45, 2.75) is 23.3 Å². The van der Waals surface area contributed by atoms with Crippen molar-refractivity contribution in [3.63, 3.8) is 0 Å². The van der Waals surface area contributed by atoms with E-state index in [0.717, 1.165) is 23.6 Å². The van der Waals surface area contributed by atoms with Crippen molar-refractivity contribution in [2.75, 3.05) is 31.6 Å². The molecule has 0 fully saturated rings. The Balaban J connectivity index is 2.53. The van der Waals surface area contributed by atoms with Crippen LogP contribution in [0.1, 0.15) is 11.1 Å². The summed E-state index contributed by atoms with van der Waals surface area (Å²) in [6, 6.07) is 9.93. The summed E-state index contributed by atoms with van der Waals surface area (Å²) in [5, 5.41) is 0. The fourth-order valence-electron chi connectivity index (χ4n) is 2.71. The van der Waals surface area contributed by atoms with Gasteiger partial charge in [0.25, 0.3) is 0 Å². The lowest BCUT2D eigenvalue weighted by molar-refractivity contribution is 0.409. The molecule has 0 unspecified atom stereocenters. The highest BCUT2D eigenvalue weighted by Crippen LogP contribution is 2.30. The van der Waals surface area contributed by atoms with E-state index in [4.69, 9.17) is 4.74 Å². The van der Waals surface area contributed by atoms with E-state index in [-0.39, 0.29) is 9.79 Å². The van der Waals surface area contributed by atoms with Gasteiger partial charge in [-0.25, -0.2) is 16.8 Å². The van der Waals surface area contributed by atoms with Gasteiger partial charge in [-0.15, -0.1) is 0 Å². The van der Waals surface area contributed by atoms with Crippen molar-refractivity contribution in [2.24, 2.45) is 0 Å². The van der Waals surface area contributed by atoms with Gasteiger partial charge in [-0.05, 0) is 31.2 Å². The van der Waals surface area contributed by atoms with Crippen LogP contribution in [-0.4, -0.2) is 43.5 Å². The third-order valence-electron chi connectivity index (χ3n) is 4.01. The number of anilines is 1. The lowest BCUT2D eigenvalue weighted by Crippen LogP contribution is -2.20. The first-order chi connectivity index (χ1) is 11.9. The van der Waals surface area contributed by atoms with E-state index in [1.807, 2.05) is 25.1 Å². The molecule has 8 heteroatoms. The molecule has 0 aromatic heterocycles. The molecule has 0 aliphatic carbocycles. The predicted octanol–water partition coefficient (Wildman–Crippen LogP) is 2.45. The second-order valence-electron chi connectivity index (χ2n) is 6.35. The number of hydrogen-bond donors (Lipinski definition) is 0. The number of methoxy groups -OCH3 is 1. The molecule has 6 nitrogen and oxygen atoms in total. The minimum absolute atomic E-state index is 0.0189. The van der Waals surface area contributed by atoms with Crippen LogP contribution in [0.4, 0.5) is 5.69 Å². The van der Waals surface area contributed by atoms with Crippen LogP contribution in [0.25, 0.3) is 0 Å². The largest absolute Gasteiger partial charge is 0.496 e. The summed E-state index contributed by atoms with van der Waals surface area (Å²) >= 11 is 0. The van der Waals surface area contributed by atoms with Crippen LogP contribution in [0.5, 0.6) is 5.75 Å². The fourth-order valence-corrected chi connectivity index (χ4v) is 4.38. The minimum Gasteiger partial charge on any atom is -0.496 e. The molecule has 0 N–H and O–H groups in total. The Kier molecular flexibility index (Phi) is 5.67. The smallest absolute Gasteiger partial charge is 0.177 e. The molecule has 0 spiro atoms. The van der Waals surface area contributed by atoms with E-state index in [2.05, 4.69) is 0 Å². The minimum atomic E-state index is -3.61. The van der Waals surface area contributed by atoms with Crippen LogP contribution in [-0.2, 0) is 26.2 Å². The fraction of sp³-hybridized carbons (Fsp3) is 0.333. The maximum atomic E-state index is 12.2. The molecule has 142 valence electrons. The summed E-state index contributed by atoms with van der Waals surface area (Å²) in [5.41, 5.74) is 2.40. The van der Waals surface area contributed by atoms with Gasteiger partial charge in [0.05, 0.1) is 22.6 Å². The number of hydrogen-bond acceptors (Lipinski definition) is 6. The molecule has 0 heterocycles. The normalized spacial score (nSPS) is 12.0. The van der Waals surface area contributed by atoms with Crippen LogP contribution in [0.15, 0.2) is 46.2 Å². The molecule has 0 radical (unpaired) electrons. The molecular weight excluding hydrogens is 374 g/mol.